The zero-order chi connectivity index (χ0) is 19.6. The van der Waals surface area contributed by atoms with Crippen LogP contribution >= 0.6 is 0 Å². The molecule has 6 heteroatoms. The van der Waals surface area contributed by atoms with E-state index in [1.54, 1.807) is 6.07 Å². The number of amides is 1. The van der Waals surface area contributed by atoms with Crippen LogP contribution in [-0.4, -0.2) is 23.1 Å². The first-order valence-electron chi connectivity index (χ1n) is 8.60. The van der Waals surface area contributed by atoms with Crippen LogP contribution in [-0.2, 0) is 20.7 Å². The van der Waals surface area contributed by atoms with Crippen molar-refractivity contribution in [2.45, 2.75) is 33.3 Å². The van der Waals surface area contributed by atoms with Gasteiger partial charge in [-0.15, -0.1) is 0 Å². The fourth-order valence-corrected chi connectivity index (χ4v) is 2.76. The molecule has 1 amide bonds. The number of aromatic hydroxyl groups is 1. The van der Waals surface area contributed by atoms with Gasteiger partial charge < -0.3 is 19.6 Å². The lowest BCUT2D eigenvalue weighted by molar-refractivity contribution is -0.152. The lowest BCUT2D eigenvalue weighted by atomic mass is 10.1. The molecule has 6 nitrogen and oxygen atoms in total. The van der Waals surface area contributed by atoms with E-state index in [1.165, 1.54) is 25.3 Å². The number of aryl methyl sites for hydroxylation is 2. The molecule has 0 fully saturated rings. The second kappa shape index (κ2) is 7.53. The van der Waals surface area contributed by atoms with Crippen molar-refractivity contribution in [3.63, 3.8) is 0 Å². The number of carbonyl (C=O) groups excluding carboxylic acids is 2. The number of hydrogen-bond acceptors (Lipinski definition) is 5. The largest absolute Gasteiger partial charge is 0.508 e. The minimum atomic E-state index is -0.931. The first-order valence-corrected chi connectivity index (χ1v) is 8.60. The molecule has 2 N–H and O–H groups in total. The Morgan fingerprint density at radius 3 is 2.74 bits per heavy atom. The minimum absolute atomic E-state index is 0.0289. The van der Waals surface area contributed by atoms with E-state index in [4.69, 9.17) is 9.15 Å². The first kappa shape index (κ1) is 18.5. The van der Waals surface area contributed by atoms with E-state index in [0.29, 0.717) is 16.8 Å². The number of carbonyl (C=O) groups is 2. The summed E-state index contributed by atoms with van der Waals surface area (Å²) < 4.78 is 10.6. The van der Waals surface area contributed by atoms with Crippen molar-refractivity contribution in [3.8, 4) is 5.75 Å². The molecule has 1 aromatic heterocycles. The van der Waals surface area contributed by atoms with Gasteiger partial charge in [-0.05, 0) is 50.1 Å². The van der Waals surface area contributed by atoms with Gasteiger partial charge in [0.25, 0.3) is 5.91 Å². The molecule has 0 saturated carbocycles. The molecule has 1 atom stereocenters. The SMILES string of the molecule is Cc1ccc(C)c(NC(=O)[C@@H](C)OC(=O)Cc2coc3cc(O)ccc23)c1. The monoisotopic (exact) mass is 367 g/mol. The van der Waals surface area contributed by atoms with Crippen LogP contribution in [0.1, 0.15) is 23.6 Å². The van der Waals surface area contributed by atoms with Gasteiger partial charge in [-0.3, -0.25) is 9.59 Å². The Kier molecular flexibility index (Phi) is 5.16. The third kappa shape index (κ3) is 4.28. The Balaban J connectivity index is 1.62. The third-order valence-electron chi connectivity index (χ3n) is 4.30. The van der Waals surface area contributed by atoms with E-state index in [0.717, 1.165) is 16.5 Å². The predicted molar refractivity (Wildman–Crippen MR) is 102 cm³/mol. The number of phenolic OH excluding ortho intramolecular Hbond substituents is 1. The maximum absolute atomic E-state index is 12.3. The highest BCUT2D eigenvalue weighted by atomic mass is 16.5. The number of benzene rings is 2. The molecule has 3 rings (SSSR count). The Morgan fingerprint density at radius 2 is 1.96 bits per heavy atom. The predicted octanol–water partition coefficient (Wildman–Crippen LogP) is 3.87. The second-order valence-corrected chi connectivity index (χ2v) is 6.56. The van der Waals surface area contributed by atoms with Crippen molar-refractivity contribution < 1.29 is 23.8 Å². The van der Waals surface area contributed by atoms with Gasteiger partial charge in [0.15, 0.2) is 6.10 Å². The van der Waals surface area contributed by atoms with Crippen molar-refractivity contribution >= 4 is 28.5 Å². The zero-order valence-corrected chi connectivity index (χ0v) is 15.4. The molecule has 0 unspecified atom stereocenters. The topological polar surface area (TPSA) is 88.8 Å². The summed E-state index contributed by atoms with van der Waals surface area (Å²) in [6.07, 6.45) is 0.491. The Morgan fingerprint density at radius 1 is 1.19 bits per heavy atom. The quantitative estimate of drug-likeness (QED) is 0.668. The summed E-state index contributed by atoms with van der Waals surface area (Å²) in [6.45, 7) is 5.37. The average Bonchev–Trinajstić information content (AvgIpc) is 2.99. The summed E-state index contributed by atoms with van der Waals surface area (Å²) in [7, 11) is 0. The first-order chi connectivity index (χ1) is 12.8. The highest BCUT2D eigenvalue weighted by molar-refractivity contribution is 5.96. The van der Waals surface area contributed by atoms with Crippen molar-refractivity contribution in [1.82, 2.24) is 0 Å². The van der Waals surface area contributed by atoms with Crippen molar-refractivity contribution in [1.29, 1.82) is 0 Å². The summed E-state index contributed by atoms with van der Waals surface area (Å²) in [6, 6.07) is 10.4. The molecule has 3 aromatic rings. The maximum atomic E-state index is 12.3. The molecule has 0 aliphatic carbocycles. The summed E-state index contributed by atoms with van der Waals surface area (Å²) >= 11 is 0. The normalized spacial score (nSPS) is 12.0. The molecule has 0 radical (unpaired) electrons. The van der Waals surface area contributed by atoms with E-state index < -0.39 is 12.1 Å². The molecule has 0 spiro atoms. The van der Waals surface area contributed by atoms with Crippen LogP contribution in [0.5, 0.6) is 5.75 Å². The highest BCUT2D eigenvalue weighted by Crippen LogP contribution is 2.25. The van der Waals surface area contributed by atoms with E-state index in [2.05, 4.69) is 5.32 Å². The second-order valence-electron chi connectivity index (χ2n) is 6.56. The van der Waals surface area contributed by atoms with Gasteiger partial charge in [-0.25, -0.2) is 0 Å². The number of furan rings is 1. The Labute approximate surface area is 156 Å². The van der Waals surface area contributed by atoms with Gasteiger partial charge in [0.2, 0.25) is 0 Å². The van der Waals surface area contributed by atoms with Crippen LogP contribution in [0, 0.1) is 13.8 Å². The Hall–Kier alpha value is -3.28. The molecule has 0 aliphatic rings. The third-order valence-corrected chi connectivity index (χ3v) is 4.30. The minimum Gasteiger partial charge on any atom is -0.508 e. The number of nitrogens with one attached hydrogen (secondary N) is 1. The average molecular weight is 367 g/mol. The number of phenols is 1. The summed E-state index contributed by atoms with van der Waals surface area (Å²) in [5, 5.41) is 13.0. The molecule has 0 aliphatic heterocycles. The number of hydrogen-bond donors (Lipinski definition) is 2. The van der Waals surface area contributed by atoms with Crippen LogP contribution < -0.4 is 5.32 Å². The zero-order valence-electron chi connectivity index (χ0n) is 15.4. The molecular formula is C21H21NO5. The highest BCUT2D eigenvalue weighted by Gasteiger charge is 2.20. The maximum Gasteiger partial charge on any atom is 0.311 e. The lowest BCUT2D eigenvalue weighted by Crippen LogP contribution is -2.30. The van der Waals surface area contributed by atoms with E-state index in [-0.39, 0.29) is 18.1 Å². The van der Waals surface area contributed by atoms with Gasteiger partial charge >= 0.3 is 5.97 Å². The van der Waals surface area contributed by atoms with Gasteiger partial charge in [0.05, 0.1) is 12.7 Å². The van der Waals surface area contributed by atoms with Crippen LogP contribution in [0.2, 0.25) is 0 Å². The van der Waals surface area contributed by atoms with Crippen LogP contribution in [0.25, 0.3) is 11.0 Å². The van der Waals surface area contributed by atoms with Crippen molar-refractivity contribution in [2.75, 3.05) is 5.32 Å². The van der Waals surface area contributed by atoms with Crippen LogP contribution in [0.3, 0.4) is 0 Å². The molecule has 27 heavy (non-hydrogen) atoms. The summed E-state index contributed by atoms with van der Waals surface area (Å²) in [4.78, 5) is 24.5. The van der Waals surface area contributed by atoms with E-state index in [9.17, 15) is 14.7 Å². The lowest BCUT2D eigenvalue weighted by Gasteiger charge is -2.15. The standard InChI is InChI=1S/C21H21NO5/c1-12-4-5-13(2)18(8-12)22-21(25)14(3)27-20(24)9-15-11-26-19-10-16(23)6-7-17(15)19/h4-8,10-11,14,23H,9H2,1-3H3,(H,22,25)/t14-/m1/s1. The molecule has 2 aromatic carbocycles. The fourth-order valence-electron chi connectivity index (χ4n) is 2.76. The number of fused-ring (bicyclic) bond motifs is 1. The smallest absolute Gasteiger partial charge is 0.311 e. The number of rotatable bonds is 5. The van der Waals surface area contributed by atoms with Crippen molar-refractivity contribution in [2.24, 2.45) is 0 Å². The molecule has 1 heterocycles. The summed E-state index contributed by atoms with van der Waals surface area (Å²) in [5.41, 5.74) is 3.78. The number of anilines is 1. The van der Waals surface area contributed by atoms with Gasteiger partial charge in [-0.2, -0.15) is 0 Å². The van der Waals surface area contributed by atoms with Crippen molar-refractivity contribution in [3.05, 3.63) is 59.4 Å². The van der Waals surface area contributed by atoms with Gasteiger partial charge in [0, 0.05) is 22.7 Å². The molecular weight excluding hydrogens is 346 g/mol. The van der Waals surface area contributed by atoms with Gasteiger partial charge in [-0.1, -0.05) is 12.1 Å². The van der Waals surface area contributed by atoms with Crippen LogP contribution in [0.4, 0.5) is 5.69 Å². The van der Waals surface area contributed by atoms with E-state index in [1.807, 2.05) is 32.0 Å². The molecule has 0 bridgehead atoms. The van der Waals surface area contributed by atoms with Crippen LogP contribution in [0.15, 0.2) is 47.1 Å². The summed E-state index contributed by atoms with van der Waals surface area (Å²) in [5.74, 6) is -0.837. The Bertz CT molecular complexity index is 1000. The number of ether oxygens (including phenoxy) is 1. The fraction of sp³-hybridized carbons (Fsp3) is 0.238. The molecule has 0 saturated heterocycles. The van der Waals surface area contributed by atoms with Gasteiger partial charge in [0.1, 0.15) is 11.3 Å². The molecule has 140 valence electrons. The number of esters is 1. The van der Waals surface area contributed by atoms with E-state index >= 15 is 0 Å².